The summed E-state index contributed by atoms with van der Waals surface area (Å²) in [7, 11) is 3.69. The maximum Gasteiger partial charge on any atom is 0.227 e. The van der Waals surface area contributed by atoms with Gasteiger partial charge in [-0.2, -0.15) is 10.2 Å². The first kappa shape index (κ1) is 15.5. The lowest BCUT2D eigenvalue weighted by Crippen LogP contribution is -2.30. The van der Waals surface area contributed by atoms with E-state index in [1.165, 1.54) is 12.6 Å². The van der Waals surface area contributed by atoms with E-state index in [1.807, 2.05) is 18.0 Å². The van der Waals surface area contributed by atoms with Crippen LogP contribution in [0.5, 0.6) is 0 Å². The molecule has 2 heterocycles. The van der Waals surface area contributed by atoms with Gasteiger partial charge in [0.25, 0.3) is 0 Å². The van der Waals surface area contributed by atoms with Crippen molar-refractivity contribution in [1.29, 1.82) is 5.26 Å². The second-order valence-electron chi connectivity index (χ2n) is 5.41. The van der Waals surface area contributed by atoms with E-state index in [9.17, 15) is 0 Å². The number of nitriles is 1. The van der Waals surface area contributed by atoms with Crippen LogP contribution < -0.4 is 10.6 Å². The van der Waals surface area contributed by atoms with E-state index in [-0.39, 0.29) is 5.82 Å². The molecule has 21 heavy (non-hydrogen) atoms. The zero-order chi connectivity index (χ0) is 15.2. The highest BCUT2D eigenvalue weighted by Gasteiger charge is 2.24. The molecule has 0 saturated carbocycles. The number of ether oxygens (including phenoxy) is 1. The highest BCUT2D eigenvalue weighted by atomic mass is 16.5. The van der Waals surface area contributed by atoms with Gasteiger partial charge in [0, 0.05) is 33.8 Å². The summed E-state index contributed by atoms with van der Waals surface area (Å²) in [5.74, 6) is 1.40. The molecular formula is C14H22N6O. The second kappa shape index (κ2) is 7.20. The van der Waals surface area contributed by atoms with Gasteiger partial charge >= 0.3 is 0 Å². The lowest BCUT2D eigenvalue weighted by atomic mass is 10.1. The van der Waals surface area contributed by atoms with Crippen molar-refractivity contribution in [2.75, 3.05) is 57.6 Å². The van der Waals surface area contributed by atoms with E-state index in [1.54, 1.807) is 7.11 Å². The highest BCUT2D eigenvalue weighted by molar-refractivity contribution is 5.50. The van der Waals surface area contributed by atoms with E-state index in [0.29, 0.717) is 17.4 Å². The minimum absolute atomic E-state index is 0.238. The molecule has 1 aliphatic heterocycles. The fourth-order valence-corrected chi connectivity index (χ4v) is 2.61. The number of hydrogen-bond acceptors (Lipinski definition) is 7. The Morgan fingerprint density at radius 3 is 3.10 bits per heavy atom. The van der Waals surface area contributed by atoms with Crippen molar-refractivity contribution in [2.24, 2.45) is 5.92 Å². The standard InChI is InChI=1S/C14H22N6O/c1-19(14-17-8-12(7-15)13(16)18-14)9-11-3-4-20(10-11)5-6-21-2/h8,11H,3-6,9-10H2,1-2H3,(H2,16,17,18). The van der Waals surface area contributed by atoms with Gasteiger partial charge in [0.15, 0.2) is 0 Å². The number of nitrogens with zero attached hydrogens (tertiary/aromatic N) is 5. The third-order valence-corrected chi connectivity index (χ3v) is 3.78. The van der Waals surface area contributed by atoms with Gasteiger partial charge in [0.2, 0.25) is 5.95 Å². The number of methoxy groups -OCH3 is 1. The van der Waals surface area contributed by atoms with Gasteiger partial charge in [-0.1, -0.05) is 0 Å². The first-order valence-electron chi connectivity index (χ1n) is 7.09. The lowest BCUT2D eigenvalue weighted by molar-refractivity contribution is 0.159. The van der Waals surface area contributed by atoms with Crippen molar-refractivity contribution < 1.29 is 4.74 Å². The van der Waals surface area contributed by atoms with Crippen molar-refractivity contribution in [2.45, 2.75) is 6.42 Å². The molecule has 0 amide bonds. The van der Waals surface area contributed by atoms with Crippen LogP contribution in [-0.2, 0) is 4.74 Å². The second-order valence-corrected chi connectivity index (χ2v) is 5.41. The number of aromatic nitrogens is 2. The molecule has 1 aromatic heterocycles. The maximum absolute atomic E-state index is 8.84. The van der Waals surface area contributed by atoms with Crippen LogP contribution in [0.15, 0.2) is 6.20 Å². The number of rotatable bonds is 6. The van der Waals surface area contributed by atoms with E-state index < -0.39 is 0 Å². The number of nitrogens with two attached hydrogens (primary N) is 1. The summed E-state index contributed by atoms with van der Waals surface area (Å²) in [6.07, 6.45) is 2.65. The van der Waals surface area contributed by atoms with Crippen molar-refractivity contribution in [3.8, 4) is 6.07 Å². The molecular weight excluding hydrogens is 268 g/mol. The molecule has 114 valence electrons. The molecule has 0 radical (unpaired) electrons. The summed E-state index contributed by atoms with van der Waals surface area (Å²) in [6, 6.07) is 1.97. The largest absolute Gasteiger partial charge is 0.383 e. The maximum atomic E-state index is 8.84. The summed E-state index contributed by atoms with van der Waals surface area (Å²) < 4.78 is 5.11. The summed E-state index contributed by atoms with van der Waals surface area (Å²) >= 11 is 0. The van der Waals surface area contributed by atoms with Crippen molar-refractivity contribution in [3.63, 3.8) is 0 Å². The van der Waals surface area contributed by atoms with Gasteiger partial charge in [-0.3, -0.25) is 0 Å². The van der Waals surface area contributed by atoms with Gasteiger partial charge in [-0.05, 0) is 18.9 Å². The first-order valence-corrected chi connectivity index (χ1v) is 7.09. The molecule has 0 aromatic carbocycles. The van der Waals surface area contributed by atoms with Gasteiger partial charge < -0.3 is 20.3 Å². The normalized spacial score (nSPS) is 18.6. The third-order valence-electron chi connectivity index (χ3n) is 3.78. The molecule has 2 rings (SSSR count). The summed E-state index contributed by atoms with van der Waals surface area (Å²) in [5.41, 5.74) is 6.05. The molecule has 1 saturated heterocycles. The van der Waals surface area contributed by atoms with Gasteiger partial charge in [0.1, 0.15) is 17.5 Å². The quantitative estimate of drug-likeness (QED) is 0.807. The van der Waals surface area contributed by atoms with E-state index in [0.717, 1.165) is 32.8 Å². The average Bonchev–Trinajstić information content (AvgIpc) is 2.92. The SMILES string of the molecule is COCCN1CCC(CN(C)c2ncc(C#N)c(N)n2)C1. The average molecular weight is 290 g/mol. The number of nitrogen functional groups attached to an aromatic ring is 1. The number of anilines is 2. The monoisotopic (exact) mass is 290 g/mol. The molecule has 1 unspecified atom stereocenters. The Labute approximate surface area is 125 Å². The van der Waals surface area contributed by atoms with E-state index in [4.69, 9.17) is 15.7 Å². The molecule has 1 aliphatic rings. The zero-order valence-corrected chi connectivity index (χ0v) is 12.6. The Hall–Kier alpha value is -1.91. The topological polar surface area (TPSA) is 91.3 Å². The Morgan fingerprint density at radius 1 is 1.62 bits per heavy atom. The van der Waals surface area contributed by atoms with Gasteiger partial charge in [0.05, 0.1) is 12.8 Å². The Morgan fingerprint density at radius 2 is 2.43 bits per heavy atom. The lowest BCUT2D eigenvalue weighted by Gasteiger charge is -2.22. The van der Waals surface area contributed by atoms with E-state index >= 15 is 0 Å². The highest BCUT2D eigenvalue weighted by Crippen LogP contribution is 2.19. The number of likely N-dealkylation sites (tertiary alicyclic amines) is 1. The van der Waals surface area contributed by atoms with Gasteiger partial charge in [-0.25, -0.2) is 4.98 Å². The predicted octanol–water partition coefficient (Wildman–Crippen LogP) is 0.335. The summed E-state index contributed by atoms with van der Waals surface area (Å²) in [4.78, 5) is 12.8. The summed E-state index contributed by atoms with van der Waals surface area (Å²) in [6.45, 7) is 4.82. The summed E-state index contributed by atoms with van der Waals surface area (Å²) in [5, 5.41) is 8.84. The minimum Gasteiger partial charge on any atom is -0.383 e. The Kier molecular flexibility index (Phi) is 5.31. The fourth-order valence-electron chi connectivity index (χ4n) is 2.61. The van der Waals surface area contributed by atoms with Crippen molar-refractivity contribution in [1.82, 2.24) is 14.9 Å². The zero-order valence-electron chi connectivity index (χ0n) is 12.6. The fraction of sp³-hybridized carbons (Fsp3) is 0.643. The van der Waals surface area contributed by atoms with Crippen molar-refractivity contribution >= 4 is 11.8 Å². The molecule has 1 aromatic rings. The Bertz CT molecular complexity index is 515. The Balaban J connectivity index is 1.89. The molecule has 0 spiro atoms. The van der Waals surface area contributed by atoms with Crippen LogP contribution in [0.2, 0.25) is 0 Å². The minimum atomic E-state index is 0.238. The molecule has 1 atom stereocenters. The van der Waals surface area contributed by atoms with Crippen LogP contribution in [0.1, 0.15) is 12.0 Å². The first-order chi connectivity index (χ1) is 10.1. The van der Waals surface area contributed by atoms with Crippen LogP contribution >= 0.6 is 0 Å². The van der Waals surface area contributed by atoms with Crippen LogP contribution in [0.3, 0.4) is 0 Å². The molecule has 2 N–H and O–H groups in total. The smallest absolute Gasteiger partial charge is 0.227 e. The van der Waals surface area contributed by atoms with Gasteiger partial charge in [-0.15, -0.1) is 0 Å². The van der Waals surface area contributed by atoms with Crippen LogP contribution in [0.25, 0.3) is 0 Å². The van der Waals surface area contributed by atoms with Crippen LogP contribution in [0.4, 0.5) is 11.8 Å². The molecule has 7 nitrogen and oxygen atoms in total. The number of hydrogen-bond donors (Lipinski definition) is 1. The molecule has 0 bridgehead atoms. The molecule has 1 fully saturated rings. The molecule has 0 aliphatic carbocycles. The third kappa shape index (κ3) is 4.03. The molecule has 7 heteroatoms. The van der Waals surface area contributed by atoms with Crippen LogP contribution in [0, 0.1) is 17.2 Å². The van der Waals surface area contributed by atoms with E-state index in [2.05, 4.69) is 14.9 Å². The predicted molar refractivity (Wildman–Crippen MR) is 80.9 cm³/mol. The van der Waals surface area contributed by atoms with Crippen LogP contribution in [-0.4, -0.2) is 61.8 Å². The van der Waals surface area contributed by atoms with Crippen molar-refractivity contribution in [3.05, 3.63) is 11.8 Å².